The summed E-state index contributed by atoms with van der Waals surface area (Å²) < 4.78 is 19.2. The third kappa shape index (κ3) is 2.09. The van der Waals surface area contributed by atoms with Crippen molar-refractivity contribution in [2.45, 2.75) is 43.7 Å². The van der Waals surface area contributed by atoms with E-state index in [1.807, 2.05) is 12.3 Å². The summed E-state index contributed by atoms with van der Waals surface area (Å²) in [5, 5.41) is 1.76. The molecule has 2 fully saturated rings. The van der Waals surface area contributed by atoms with E-state index in [4.69, 9.17) is 4.74 Å². The highest BCUT2D eigenvalue weighted by molar-refractivity contribution is 5.88. The summed E-state index contributed by atoms with van der Waals surface area (Å²) >= 11 is 0. The Morgan fingerprint density at radius 3 is 2.64 bits per heavy atom. The molecule has 2 unspecified atom stereocenters. The molecule has 1 aromatic carbocycles. The van der Waals surface area contributed by atoms with Gasteiger partial charge in [-0.1, -0.05) is 0 Å². The highest BCUT2D eigenvalue weighted by Gasteiger charge is 2.39. The van der Waals surface area contributed by atoms with Crippen LogP contribution >= 0.6 is 0 Å². The molecule has 2 aromatic rings. The first-order valence-electron chi connectivity index (χ1n) is 8.01. The summed E-state index contributed by atoms with van der Waals surface area (Å²) in [4.78, 5) is 7.19. The molecule has 3 heterocycles. The Bertz CT molecular complexity index is 704. The van der Waals surface area contributed by atoms with E-state index < -0.39 is 0 Å². The minimum absolute atomic E-state index is 0.310. The Labute approximate surface area is 130 Å². The van der Waals surface area contributed by atoms with Gasteiger partial charge in [0.2, 0.25) is 0 Å². The topological polar surface area (TPSA) is 25.4 Å². The summed E-state index contributed by atoms with van der Waals surface area (Å²) in [5.41, 5.74) is 1.08. The maximum absolute atomic E-state index is 13.9. The van der Waals surface area contributed by atoms with Crippen LogP contribution in [0.15, 0.2) is 24.4 Å². The van der Waals surface area contributed by atoms with Gasteiger partial charge in [-0.05, 0) is 50.9 Å². The monoisotopic (exact) mass is 300 g/mol. The third-order valence-electron chi connectivity index (χ3n) is 5.55. The molecule has 2 aliphatic heterocycles. The lowest BCUT2D eigenvalue weighted by Crippen LogP contribution is -2.39. The number of aromatic nitrogens is 1. The lowest BCUT2D eigenvalue weighted by atomic mass is 9.87. The zero-order valence-corrected chi connectivity index (χ0v) is 13.1. The molecule has 0 saturated carbocycles. The minimum atomic E-state index is -0.310. The molecule has 2 bridgehead atoms. The number of halogens is 1. The highest BCUT2D eigenvalue weighted by Crippen LogP contribution is 2.42. The van der Waals surface area contributed by atoms with Crippen molar-refractivity contribution in [3.8, 4) is 5.75 Å². The summed E-state index contributed by atoms with van der Waals surface area (Å²) in [6.45, 7) is 0. The van der Waals surface area contributed by atoms with Gasteiger partial charge in [-0.15, -0.1) is 0 Å². The van der Waals surface area contributed by atoms with Gasteiger partial charge in [-0.3, -0.25) is 4.98 Å². The van der Waals surface area contributed by atoms with Crippen LogP contribution in [0.3, 0.4) is 0 Å². The molecule has 1 aromatic heterocycles. The number of nitrogens with zero attached hydrogens (tertiary/aromatic N) is 2. The molecule has 0 spiro atoms. The number of methoxy groups -OCH3 is 1. The maximum atomic E-state index is 13.9. The Morgan fingerprint density at radius 2 is 1.95 bits per heavy atom. The van der Waals surface area contributed by atoms with Crippen LogP contribution in [-0.4, -0.2) is 36.1 Å². The number of hydrogen-bond donors (Lipinski definition) is 0. The molecule has 0 N–H and O–H groups in total. The second-order valence-electron chi connectivity index (χ2n) is 6.63. The zero-order valence-electron chi connectivity index (χ0n) is 13.1. The Morgan fingerprint density at radius 1 is 1.23 bits per heavy atom. The number of fused-ring (bicyclic) bond motifs is 3. The fourth-order valence-electron chi connectivity index (χ4n) is 4.26. The van der Waals surface area contributed by atoms with Gasteiger partial charge in [0.25, 0.3) is 0 Å². The molecule has 2 saturated heterocycles. The molecular weight excluding hydrogens is 279 g/mol. The summed E-state index contributed by atoms with van der Waals surface area (Å²) in [6.07, 6.45) is 6.76. The Balaban J connectivity index is 1.74. The van der Waals surface area contributed by atoms with Crippen molar-refractivity contribution >= 4 is 10.8 Å². The molecule has 2 atom stereocenters. The van der Waals surface area contributed by atoms with Crippen molar-refractivity contribution < 1.29 is 9.13 Å². The quantitative estimate of drug-likeness (QED) is 0.845. The molecule has 0 aliphatic carbocycles. The average molecular weight is 300 g/mol. The molecule has 116 valence electrons. The van der Waals surface area contributed by atoms with Crippen LogP contribution in [0.2, 0.25) is 0 Å². The van der Waals surface area contributed by atoms with Crippen LogP contribution in [0, 0.1) is 5.82 Å². The minimum Gasteiger partial charge on any atom is -0.493 e. The molecule has 2 aliphatic rings. The first kappa shape index (κ1) is 13.9. The second-order valence-corrected chi connectivity index (χ2v) is 6.63. The van der Waals surface area contributed by atoms with Crippen molar-refractivity contribution in [3.63, 3.8) is 0 Å². The van der Waals surface area contributed by atoms with E-state index in [2.05, 4.69) is 16.9 Å². The first-order valence-corrected chi connectivity index (χ1v) is 8.01. The molecule has 4 rings (SSSR count). The smallest absolute Gasteiger partial charge is 0.165 e. The van der Waals surface area contributed by atoms with E-state index in [0.717, 1.165) is 29.3 Å². The summed E-state index contributed by atoms with van der Waals surface area (Å²) in [5.74, 6) is 0.499. The maximum Gasteiger partial charge on any atom is 0.165 e. The number of benzene rings is 1. The van der Waals surface area contributed by atoms with Gasteiger partial charge in [0, 0.05) is 40.7 Å². The van der Waals surface area contributed by atoms with Gasteiger partial charge in [0.15, 0.2) is 11.6 Å². The summed E-state index contributed by atoms with van der Waals surface area (Å²) in [6, 6.07) is 6.60. The van der Waals surface area contributed by atoms with Crippen molar-refractivity contribution in [1.29, 1.82) is 0 Å². The third-order valence-corrected chi connectivity index (χ3v) is 5.55. The van der Waals surface area contributed by atoms with Crippen LogP contribution in [0.25, 0.3) is 10.8 Å². The van der Waals surface area contributed by atoms with Crippen LogP contribution in [0.4, 0.5) is 4.39 Å². The van der Waals surface area contributed by atoms with Crippen molar-refractivity contribution in [3.05, 3.63) is 35.9 Å². The molecule has 4 heteroatoms. The van der Waals surface area contributed by atoms with Crippen LogP contribution in [-0.2, 0) is 0 Å². The number of ether oxygens (including phenoxy) is 1. The van der Waals surface area contributed by atoms with Gasteiger partial charge in [-0.25, -0.2) is 4.39 Å². The van der Waals surface area contributed by atoms with E-state index in [-0.39, 0.29) is 5.82 Å². The predicted octanol–water partition coefficient (Wildman–Crippen LogP) is 3.72. The number of hydrogen-bond acceptors (Lipinski definition) is 3. The molecule has 22 heavy (non-hydrogen) atoms. The standard InChI is InChI=1S/C18H21FN2O/c1-21-13-4-5-14(21)8-12(7-13)17-9-15-11(10-20-17)3-6-16(19)18(15)22-2/h3,6,9-10,12-14H,4-5,7-8H2,1-2H3. The Hall–Kier alpha value is -1.68. The van der Waals surface area contributed by atoms with Crippen LogP contribution in [0.1, 0.15) is 37.3 Å². The molecular formula is C18H21FN2O. The lowest BCUT2D eigenvalue weighted by Gasteiger charge is -2.36. The van der Waals surface area contributed by atoms with Crippen molar-refractivity contribution in [2.75, 3.05) is 14.2 Å². The van der Waals surface area contributed by atoms with Crippen LogP contribution in [0.5, 0.6) is 5.75 Å². The highest BCUT2D eigenvalue weighted by atomic mass is 19.1. The van der Waals surface area contributed by atoms with Crippen molar-refractivity contribution in [1.82, 2.24) is 9.88 Å². The second kappa shape index (κ2) is 5.20. The Kier molecular flexibility index (Phi) is 3.30. The molecule has 0 radical (unpaired) electrons. The van der Waals surface area contributed by atoms with E-state index in [0.29, 0.717) is 23.8 Å². The van der Waals surface area contributed by atoms with Crippen molar-refractivity contribution in [2.24, 2.45) is 0 Å². The fraction of sp³-hybridized carbons (Fsp3) is 0.500. The lowest BCUT2D eigenvalue weighted by molar-refractivity contribution is 0.160. The van der Waals surface area contributed by atoms with E-state index in [1.165, 1.54) is 26.0 Å². The number of rotatable bonds is 2. The first-order chi connectivity index (χ1) is 10.7. The van der Waals surface area contributed by atoms with Crippen LogP contribution < -0.4 is 4.74 Å². The number of piperidine rings is 1. The van der Waals surface area contributed by atoms with Gasteiger partial charge in [-0.2, -0.15) is 0 Å². The largest absolute Gasteiger partial charge is 0.493 e. The van der Waals surface area contributed by atoms with E-state index >= 15 is 0 Å². The van der Waals surface area contributed by atoms with Gasteiger partial charge in [0.1, 0.15) is 0 Å². The fourth-order valence-corrected chi connectivity index (χ4v) is 4.26. The molecule has 3 nitrogen and oxygen atoms in total. The van der Waals surface area contributed by atoms with Gasteiger partial charge < -0.3 is 9.64 Å². The normalized spacial score (nSPS) is 28.2. The zero-order chi connectivity index (χ0) is 15.3. The van der Waals surface area contributed by atoms with Gasteiger partial charge in [0.05, 0.1) is 7.11 Å². The summed E-state index contributed by atoms with van der Waals surface area (Å²) in [7, 11) is 3.76. The van der Waals surface area contributed by atoms with E-state index in [1.54, 1.807) is 6.07 Å². The SMILES string of the molecule is COc1c(F)ccc2cnc(C3CC4CCC(C3)N4C)cc12. The predicted molar refractivity (Wildman–Crippen MR) is 84.8 cm³/mol. The van der Waals surface area contributed by atoms with E-state index in [9.17, 15) is 4.39 Å². The van der Waals surface area contributed by atoms with Gasteiger partial charge >= 0.3 is 0 Å². The molecule has 0 amide bonds. The number of pyridine rings is 1. The average Bonchev–Trinajstić information content (AvgIpc) is 2.76.